The number of carbonyl (C=O) groups is 1. The molecule has 0 radical (unpaired) electrons. The molecule has 0 unspecified atom stereocenters. The summed E-state index contributed by atoms with van der Waals surface area (Å²) in [5.74, 6) is -2.08. The van der Waals surface area contributed by atoms with Gasteiger partial charge < -0.3 is 9.30 Å². The smallest absolute Gasteiger partial charge is 0.359 e. The molecule has 4 nitrogen and oxygen atoms in total. The number of imidazole rings is 1. The van der Waals surface area contributed by atoms with E-state index in [0.717, 1.165) is 0 Å². The van der Waals surface area contributed by atoms with E-state index in [4.69, 9.17) is 4.74 Å². The highest BCUT2D eigenvalue weighted by atomic mass is 19.1. The fourth-order valence-corrected chi connectivity index (χ4v) is 1.95. The van der Waals surface area contributed by atoms with Crippen molar-refractivity contribution in [2.45, 2.75) is 19.9 Å². The van der Waals surface area contributed by atoms with Crippen LogP contribution in [0.1, 0.15) is 35.9 Å². The van der Waals surface area contributed by atoms with Crippen molar-refractivity contribution in [3.8, 4) is 0 Å². The highest BCUT2D eigenvalue weighted by Gasteiger charge is 2.23. The van der Waals surface area contributed by atoms with E-state index < -0.39 is 23.8 Å². The summed E-state index contributed by atoms with van der Waals surface area (Å²) in [4.78, 5) is 15.2. The number of hydrogen-bond acceptors (Lipinski definition) is 3. The summed E-state index contributed by atoms with van der Waals surface area (Å²) in [7, 11) is 0. The Balaban J connectivity index is 2.40. The van der Waals surface area contributed by atoms with E-state index in [0.29, 0.717) is 5.56 Å². The first-order valence-corrected chi connectivity index (χ1v) is 6.19. The van der Waals surface area contributed by atoms with Crippen LogP contribution < -0.4 is 0 Å². The number of benzene rings is 1. The summed E-state index contributed by atoms with van der Waals surface area (Å²) in [5, 5.41) is 0. The molecule has 6 heteroatoms. The SMILES string of the molecule is CCOC(=O)c1c(F)ncn1[C@H](C)c1cccc(F)c1. The molecule has 1 atom stereocenters. The molecular weight excluding hydrogens is 266 g/mol. The standard InChI is InChI=1S/C14H14F2N2O2/c1-3-20-14(19)12-13(16)17-8-18(12)9(2)10-5-4-6-11(15)7-10/h4-9H,3H2,1-2H3/t9-/m1/s1. The van der Waals surface area contributed by atoms with Crippen LogP contribution in [0.3, 0.4) is 0 Å². The molecule has 0 aliphatic rings. The lowest BCUT2D eigenvalue weighted by atomic mass is 10.1. The van der Waals surface area contributed by atoms with Gasteiger partial charge in [-0.05, 0) is 31.5 Å². The van der Waals surface area contributed by atoms with E-state index in [9.17, 15) is 13.6 Å². The molecule has 0 fully saturated rings. The van der Waals surface area contributed by atoms with Crippen LogP contribution in [0.25, 0.3) is 0 Å². The first-order valence-electron chi connectivity index (χ1n) is 6.19. The molecule has 2 aromatic rings. The maximum atomic E-state index is 13.6. The molecule has 1 aromatic carbocycles. The Kier molecular flexibility index (Phi) is 4.12. The zero-order valence-electron chi connectivity index (χ0n) is 11.1. The minimum absolute atomic E-state index is 0.137. The Morgan fingerprint density at radius 1 is 1.45 bits per heavy atom. The van der Waals surface area contributed by atoms with E-state index >= 15 is 0 Å². The van der Waals surface area contributed by atoms with Gasteiger partial charge in [0.25, 0.3) is 0 Å². The molecule has 0 bridgehead atoms. The van der Waals surface area contributed by atoms with E-state index in [2.05, 4.69) is 4.98 Å². The number of nitrogens with zero attached hydrogens (tertiary/aromatic N) is 2. The molecule has 0 aliphatic heterocycles. The van der Waals surface area contributed by atoms with Gasteiger partial charge in [-0.25, -0.2) is 14.2 Å². The van der Waals surface area contributed by atoms with Crippen molar-refractivity contribution in [1.29, 1.82) is 0 Å². The van der Waals surface area contributed by atoms with Crippen LogP contribution in [-0.4, -0.2) is 22.1 Å². The van der Waals surface area contributed by atoms with Gasteiger partial charge in [0, 0.05) is 0 Å². The quantitative estimate of drug-likeness (QED) is 0.809. The van der Waals surface area contributed by atoms with E-state index in [1.165, 1.54) is 23.0 Å². The van der Waals surface area contributed by atoms with Gasteiger partial charge in [0.1, 0.15) is 5.82 Å². The molecule has 1 aromatic heterocycles. The summed E-state index contributed by atoms with van der Waals surface area (Å²) >= 11 is 0. The van der Waals surface area contributed by atoms with E-state index in [-0.39, 0.29) is 12.3 Å². The average molecular weight is 280 g/mol. The Labute approximate surface area is 115 Å². The fourth-order valence-electron chi connectivity index (χ4n) is 1.95. The van der Waals surface area contributed by atoms with Crippen LogP contribution in [0.2, 0.25) is 0 Å². The predicted octanol–water partition coefficient (Wildman–Crippen LogP) is 2.95. The lowest BCUT2D eigenvalue weighted by Crippen LogP contribution is -2.17. The zero-order chi connectivity index (χ0) is 14.7. The topological polar surface area (TPSA) is 44.1 Å². The Bertz CT molecular complexity index is 625. The largest absolute Gasteiger partial charge is 0.461 e. The van der Waals surface area contributed by atoms with Crippen molar-refractivity contribution in [2.75, 3.05) is 6.61 Å². The first-order chi connectivity index (χ1) is 9.54. The minimum Gasteiger partial charge on any atom is -0.461 e. The average Bonchev–Trinajstić information content (AvgIpc) is 2.80. The second-order valence-corrected chi connectivity index (χ2v) is 4.24. The molecule has 0 N–H and O–H groups in total. The highest BCUT2D eigenvalue weighted by Crippen LogP contribution is 2.22. The van der Waals surface area contributed by atoms with Crippen LogP contribution in [0, 0.1) is 11.8 Å². The van der Waals surface area contributed by atoms with Crippen molar-refractivity contribution in [1.82, 2.24) is 9.55 Å². The summed E-state index contributed by atoms with van der Waals surface area (Å²) in [5.41, 5.74) is 0.344. The van der Waals surface area contributed by atoms with E-state index in [1.54, 1.807) is 26.0 Å². The van der Waals surface area contributed by atoms with Gasteiger partial charge in [0.05, 0.1) is 19.0 Å². The Morgan fingerprint density at radius 2 is 2.20 bits per heavy atom. The van der Waals surface area contributed by atoms with Gasteiger partial charge in [-0.2, -0.15) is 4.39 Å². The van der Waals surface area contributed by atoms with Crippen molar-refractivity contribution in [3.63, 3.8) is 0 Å². The number of rotatable bonds is 4. The van der Waals surface area contributed by atoms with E-state index in [1.807, 2.05) is 0 Å². The zero-order valence-corrected chi connectivity index (χ0v) is 11.1. The Hall–Kier alpha value is -2.24. The lowest BCUT2D eigenvalue weighted by molar-refractivity contribution is 0.0506. The summed E-state index contributed by atoms with van der Waals surface area (Å²) in [6.07, 6.45) is 1.21. The summed E-state index contributed by atoms with van der Waals surface area (Å²) in [6, 6.07) is 5.45. The van der Waals surface area contributed by atoms with Crippen LogP contribution in [0.15, 0.2) is 30.6 Å². The second-order valence-electron chi connectivity index (χ2n) is 4.24. The second kappa shape index (κ2) is 5.81. The number of hydrogen-bond donors (Lipinski definition) is 0. The number of halogens is 2. The third-order valence-electron chi connectivity index (χ3n) is 2.97. The van der Waals surface area contributed by atoms with Crippen molar-refractivity contribution in [2.24, 2.45) is 0 Å². The van der Waals surface area contributed by atoms with Gasteiger partial charge >= 0.3 is 5.97 Å². The van der Waals surface area contributed by atoms with Crippen molar-refractivity contribution < 1.29 is 18.3 Å². The normalized spacial score (nSPS) is 12.2. The maximum Gasteiger partial charge on any atom is 0.359 e. The van der Waals surface area contributed by atoms with Crippen LogP contribution >= 0.6 is 0 Å². The highest BCUT2D eigenvalue weighted by molar-refractivity contribution is 5.87. The molecular formula is C14H14F2N2O2. The third kappa shape index (κ3) is 2.68. The van der Waals surface area contributed by atoms with Gasteiger partial charge in [0.15, 0.2) is 5.69 Å². The first kappa shape index (κ1) is 14.2. The van der Waals surface area contributed by atoms with Crippen molar-refractivity contribution in [3.05, 3.63) is 53.6 Å². The number of aromatic nitrogens is 2. The number of esters is 1. The summed E-state index contributed by atoms with van der Waals surface area (Å²) < 4.78 is 33.0. The molecule has 0 amide bonds. The number of carbonyl (C=O) groups excluding carboxylic acids is 1. The minimum atomic E-state index is -0.897. The van der Waals surface area contributed by atoms with Crippen LogP contribution in [0.4, 0.5) is 8.78 Å². The molecule has 0 saturated carbocycles. The monoisotopic (exact) mass is 280 g/mol. The molecule has 20 heavy (non-hydrogen) atoms. The molecule has 0 spiro atoms. The molecule has 106 valence electrons. The molecule has 2 rings (SSSR count). The number of ether oxygens (including phenoxy) is 1. The van der Waals surface area contributed by atoms with Crippen LogP contribution in [-0.2, 0) is 4.74 Å². The van der Waals surface area contributed by atoms with Crippen LogP contribution in [0.5, 0.6) is 0 Å². The van der Waals surface area contributed by atoms with Gasteiger partial charge in [0.2, 0.25) is 5.95 Å². The predicted molar refractivity (Wildman–Crippen MR) is 68.4 cm³/mol. The molecule has 0 aliphatic carbocycles. The van der Waals surface area contributed by atoms with Gasteiger partial charge in [-0.15, -0.1) is 0 Å². The van der Waals surface area contributed by atoms with Gasteiger partial charge in [-0.3, -0.25) is 0 Å². The van der Waals surface area contributed by atoms with Crippen molar-refractivity contribution >= 4 is 5.97 Å². The van der Waals surface area contributed by atoms with Gasteiger partial charge in [-0.1, -0.05) is 12.1 Å². The molecule has 0 saturated heterocycles. The fraction of sp³-hybridized carbons (Fsp3) is 0.286. The Morgan fingerprint density at radius 3 is 2.85 bits per heavy atom. The maximum absolute atomic E-state index is 13.6. The third-order valence-corrected chi connectivity index (χ3v) is 2.97. The molecule has 1 heterocycles. The lowest BCUT2D eigenvalue weighted by Gasteiger charge is -2.16. The summed E-state index contributed by atoms with van der Waals surface area (Å²) in [6.45, 7) is 3.49.